The fourth-order valence-electron chi connectivity index (χ4n) is 2.64. The average molecular weight is 328 g/mol. The number of allylic oxidation sites excluding steroid dienone is 2. The standard InChI is InChI=1S/C16H25NO2S2/c1-12(2)21(18,19)17-11-13(3)14-6-8-15(9-7-14)16-5-4-10-20-16/h4-5,8,10,12-14,17H,6-7,9,11H2,1-3H3. The van der Waals surface area contributed by atoms with Crippen LogP contribution in [0.2, 0.25) is 0 Å². The Hall–Kier alpha value is -0.650. The largest absolute Gasteiger partial charge is 0.215 e. The van der Waals surface area contributed by atoms with Gasteiger partial charge in [-0.05, 0) is 62.0 Å². The molecule has 1 aliphatic rings. The SMILES string of the molecule is CC(CNS(=O)(=O)C(C)C)C1CC=C(c2cccs2)CC1. The fraction of sp³-hybridized carbons (Fsp3) is 0.625. The molecule has 118 valence electrons. The Morgan fingerprint density at radius 2 is 2.14 bits per heavy atom. The van der Waals surface area contributed by atoms with Crippen LogP contribution in [-0.4, -0.2) is 20.2 Å². The summed E-state index contributed by atoms with van der Waals surface area (Å²) < 4.78 is 26.4. The molecule has 0 aromatic carbocycles. The summed E-state index contributed by atoms with van der Waals surface area (Å²) in [6, 6.07) is 4.27. The van der Waals surface area contributed by atoms with E-state index in [0.29, 0.717) is 18.4 Å². The van der Waals surface area contributed by atoms with E-state index in [2.05, 4.69) is 35.2 Å². The van der Waals surface area contributed by atoms with Gasteiger partial charge in [-0.25, -0.2) is 13.1 Å². The minimum Gasteiger partial charge on any atom is -0.215 e. The molecule has 2 rings (SSSR count). The quantitative estimate of drug-likeness (QED) is 0.861. The van der Waals surface area contributed by atoms with Crippen molar-refractivity contribution in [2.24, 2.45) is 11.8 Å². The van der Waals surface area contributed by atoms with Crippen molar-refractivity contribution in [3.05, 3.63) is 28.5 Å². The highest BCUT2D eigenvalue weighted by molar-refractivity contribution is 7.90. The number of hydrogen-bond donors (Lipinski definition) is 1. The van der Waals surface area contributed by atoms with Crippen molar-refractivity contribution < 1.29 is 8.42 Å². The molecule has 2 atom stereocenters. The lowest BCUT2D eigenvalue weighted by atomic mass is 9.81. The van der Waals surface area contributed by atoms with Crippen LogP contribution in [0.4, 0.5) is 0 Å². The van der Waals surface area contributed by atoms with Crippen LogP contribution < -0.4 is 4.72 Å². The van der Waals surface area contributed by atoms with Crippen molar-refractivity contribution >= 4 is 26.9 Å². The zero-order valence-electron chi connectivity index (χ0n) is 13.0. The Bertz CT molecular complexity index is 573. The van der Waals surface area contributed by atoms with Gasteiger partial charge in [-0.2, -0.15) is 0 Å². The molecule has 0 saturated heterocycles. The highest BCUT2D eigenvalue weighted by Crippen LogP contribution is 2.35. The number of rotatable bonds is 6. The summed E-state index contributed by atoms with van der Waals surface area (Å²) in [6.07, 6.45) is 5.64. The second-order valence-corrected chi connectivity index (χ2v) is 9.43. The van der Waals surface area contributed by atoms with Crippen molar-refractivity contribution in [2.45, 2.75) is 45.3 Å². The lowest BCUT2D eigenvalue weighted by Gasteiger charge is -2.27. The van der Waals surface area contributed by atoms with E-state index in [9.17, 15) is 8.42 Å². The Morgan fingerprint density at radius 3 is 2.67 bits per heavy atom. The number of thiophene rings is 1. The van der Waals surface area contributed by atoms with E-state index in [1.807, 2.05) is 0 Å². The van der Waals surface area contributed by atoms with E-state index in [1.54, 1.807) is 25.2 Å². The van der Waals surface area contributed by atoms with Crippen LogP contribution in [0, 0.1) is 11.8 Å². The molecule has 0 aliphatic heterocycles. The Balaban J connectivity index is 1.87. The molecule has 3 nitrogen and oxygen atoms in total. The zero-order valence-corrected chi connectivity index (χ0v) is 14.6. The van der Waals surface area contributed by atoms with E-state index in [4.69, 9.17) is 0 Å². The molecule has 0 fully saturated rings. The van der Waals surface area contributed by atoms with Gasteiger partial charge in [-0.1, -0.05) is 19.1 Å². The van der Waals surface area contributed by atoms with E-state index in [1.165, 1.54) is 10.5 Å². The first kappa shape index (κ1) is 16.7. The van der Waals surface area contributed by atoms with Gasteiger partial charge in [-0.15, -0.1) is 11.3 Å². The monoisotopic (exact) mass is 327 g/mol. The van der Waals surface area contributed by atoms with Gasteiger partial charge >= 0.3 is 0 Å². The zero-order chi connectivity index (χ0) is 15.5. The summed E-state index contributed by atoms with van der Waals surface area (Å²) in [5.74, 6) is 0.947. The molecule has 1 N–H and O–H groups in total. The average Bonchev–Trinajstić information content (AvgIpc) is 2.99. The van der Waals surface area contributed by atoms with Crippen LogP contribution in [0.25, 0.3) is 5.57 Å². The molecule has 1 aliphatic carbocycles. The summed E-state index contributed by atoms with van der Waals surface area (Å²) >= 11 is 1.80. The van der Waals surface area contributed by atoms with Crippen molar-refractivity contribution in [2.75, 3.05) is 6.54 Å². The summed E-state index contributed by atoms with van der Waals surface area (Å²) in [4.78, 5) is 1.38. The van der Waals surface area contributed by atoms with E-state index in [0.717, 1.165) is 19.3 Å². The third kappa shape index (κ3) is 4.41. The van der Waals surface area contributed by atoms with Gasteiger partial charge in [0.05, 0.1) is 5.25 Å². The predicted molar refractivity (Wildman–Crippen MR) is 90.9 cm³/mol. The second-order valence-electron chi connectivity index (χ2n) is 6.16. The summed E-state index contributed by atoms with van der Waals surface area (Å²) in [6.45, 7) is 6.12. The van der Waals surface area contributed by atoms with Gasteiger partial charge in [0.1, 0.15) is 0 Å². The molecule has 1 heterocycles. The highest BCUT2D eigenvalue weighted by Gasteiger charge is 2.23. The number of sulfonamides is 1. The molecular weight excluding hydrogens is 302 g/mol. The molecule has 2 unspecified atom stereocenters. The van der Waals surface area contributed by atoms with Crippen molar-refractivity contribution in [1.82, 2.24) is 4.72 Å². The Kier molecular flexibility index (Phi) is 5.63. The molecule has 5 heteroatoms. The van der Waals surface area contributed by atoms with Crippen LogP contribution in [0.15, 0.2) is 23.6 Å². The first-order valence-electron chi connectivity index (χ1n) is 7.61. The molecule has 0 bridgehead atoms. The van der Waals surface area contributed by atoms with Crippen molar-refractivity contribution in [3.63, 3.8) is 0 Å². The summed E-state index contributed by atoms with van der Waals surface area (Å²) in [7, 11) is -3.14. The maximum absolute atomic E-state index is 11.8. The van der Waals surface area contributed by atoms with Crippen molar-refractivity contribution in [3.8, 4) is 0 Å². The third-order valence-electron chi connectivity index (χ3n) is 4.32. The fourth-order valence-corrected chi connectivity index (χ4v) is 4.26. The van der Waals surface area contributed by atoms with Crippen LogP contribution in [0.3, 0.4) is 0 Å². The van der Waals surface area contributed by atoms with E-state index in [-0.39, 0.29) is 5.25 Å². The maximum Gasteiger partial charge on any atom is 0.213 e. The molecule has 0 spiro atoms. The van der Waals surface area contributed by atoms with E-state index >= 15 is 0 Å². The van der Waals surface area contributed by atoms with Gasteiger partial charge < -0.3 is 0 Å². The van der Waals surface area contributed by atoms with Gasteiger partial charge in [0.15, 0.2) is 0 Å². The van der Waals surface area contributed by atoms with E-state index < -0.39 is 10.0 Å². The minimum absolute atomic E-state index is 0.360. The molecule has 0 saturated carbocycles. The third-order valence-corrected chi connectivity index (χ3v) is 7.08. The summed E-state index contributed by atoms with van der Waals surface area (Å²) in [5.41, 5.74) is 1.45. The van der Waals surface area contributed by atoms with Gasteiger partial charge in [0.2, 0.25) is 10.0 Å². The maximum atomic E-state index is 11.8. The number of nitrogens with one attached hydrogen (secondary N) is 1. The van der Waals surface area contributed by atoms with Gasteiger partial charge in [-0.3, -0.25) is 0 Å². The molecule has 0 radical (unpaired) electrons. The topological polar surface area (TPSA) is 46.2 Å². The smallest absolute Gasteiger partial charge is 0.213 e. The minimum atomic E-state index is -3.14. The number of hydrogen-bond acceptors (Lipinski definition) is 3. The predicted octanol–water partition coefficient (Wildman–Crippen LogP) is 3.90. The molecule has 1 aromatic heterocycles. The van der Waals surface area contributed by atoms with Crippen LogP contribution in [0.1, 0.15) is 44.9 Å². The Labute approximate surface area is 132 Å². The van der Waals surface area contributed by atoms with Gasteiger partial charge in [0, 0.05) is 11.4 Å². The van der Waals surface area contributed by atoms with Crippen LogP contribution in [-0.2, 0) is 10.0 Å². The molecular formula is C16H25NO2S2. The highest BCUT2D eigenvalue weighted by atomic mass is 32.2. The normalized spacial score (nSPS) is 21.3. The first-order valence-corrected chi connectivity index (χ1v) is 10.0. The second kappa shape index (κ2) is 7.07. The lowest BCUT2D eigenvalue weighted by molar-refractivity contribution is 0.334. The van der Waals surface area contributed by atoms with Crippen molar-refractivity contribution in [1.29, 1.82) is 0 Å². The summed E-state index contributed by atoms with van der Waals surface area (Å²) in [5, 5.41) is 1.76. The molecule has 1 aromatic rings. The van der Waals surface area contributed by atoms with Crippen LogP contribution >= 0.6 is 11.3 Å². The molecule has 21 heavy (non-hydrogen) atoms. The molecule has 0 amide bonds. The van der Waals surface area contributed by atoms with Gasteiger partial charge in [0.25, 0.3) is 0 Å². The lowest BCUT2D eigenvalue weighted by Crippen LogP contribution is -2.36. The Morgan fingerprint density at radius 1 is 1.38 bits per heavy atom. The van der Waals surface area contributed by atoms with Crippen LogP contribution in [0.5, 0.6) is 0 Å². The first-order chi connectivity index (χ1) is 9.90.